The SMILES string of the molecule is CCNC(=O)c1cc2c(N(C(=O)OCOP(=O)(O)O)c3cc(C(=O)NC4CC4)ccc3C)ncnn2c1. The maximum Gasteiger partial charge on any atom is 0.472 e. The van der Waals surface area contributed by atoms with Crippen molar-refractivity contribution in [3.05, 3.63) is 53.5 Å². The van der Waals surface area contributed by atoms with E-state index in [1.165, 1.54) is 22.8 Å². The molecule has 0 atom stereocenters. The molecule has 0 bridgehead atoms. The quantitative estimate of drug-likeness (QED) is 0.235. The average molecular weight is 532 g/mol. The number of phosphoric acid groups is 1. The van der Waals surface area contributed by atoms with Crippen LogP contribution in [0.15, 0.2) is 36.8 Å². The number of hydrogen-bond acceptors (Lipinski definition) is 8. The van der Waals surface area contributed by atoms with E-state index >= 15 is 0 Å². The molecule has 1 saturated carbocycles. The highest BCUT2D eigenvalue weighted by Gasteiger charge is 2.29. The largest absolute Gasteiger partial charge is 0.472 e. The van der Waals surface area contributed by atoms with Gasteiger partial charge in [0.2, 0.25) is 6.79 Å². The molecule has 1 aromatic carbocycles. The van der Waals surface area contributed by atoms with E-state index in [9.17, 15) is 18.9 Å². The van der Waals surface area contributed by atoms with Crippen LogP contribution in [0.3, 0.4) is 0 Å². The van der Waals surface area contributed by atoms with Gasteiger partial charge in [0.05, 0.1) is 11.3 Å². The first kappa shape index (κ1) is 26.2. The lowest BCUT2D eigenvalue weighted by molar-refractivity contribution is 0.0445. The number of nitrogens with zero attached hydrogens (tertiary/aromatic N) is 4. The lowest BCUT2D eigenvalue weighted by Gasteiger charge is -2.24. The van der Waals surface area contributed by atoms with Gasteiger partial charge >= 0.3 is 13.9 Å². The molecule has 2 heterocycles. The number of hydrogen-bond donors (Lipinski definition) is 4. The predicted octanol–water partition coefficient (Wildman–Crippen LogP) is 2.02. The van der Waals surface area contributed by atoms with Crippen LogP contribution in [0.5, 0.6) is 0 Å². The Bertz CT molecular complexity index is 1400. The van der Waals surface area contributed by atoms with E-state index in [1.54, 1.807) is 26.0 Å². The standard InChI is InChI=1S/C22H25N6O8P/c1-3-23-20(29)15-9-18-19(24-11-25-27(18)10-15)28(22(31)35-12-36-37(32,33)34)17-8-14(5-4-13(17)2)21(30)26-16-6-7-16/h4-5,8-11,16H,3,6-7,12H2,1-2H3,(H,23,29)(H,26,30)(H2,32,33,34). The van der Waals surface area contributed by atoms with Crippen molar-refractivity contribution in [3.8, 4) is 0 Å². The molecule has 4 N–H and O–H groups in total. The Balaban J connectivity index is 1.78. The maximum absolute atomic E-state index is 13.3. The van der Waals surface area contributed by atoms with Crippen LogP contribution in [0.4, 0.5) is 16.3 Å². The van der Waals surface area contributed by atoms with Gasteiger partial charge in [-0.2, -0.15) is 5.10 Å². The van der Waals surface area contributed by atoms with Gasteiger partial charge in [0.15, 0.2) is 5.82 Å². The zero-order valence-corrected chi connectivity index (χ0v) is 20.8. The van der Waals surface area contributed by atoms with Crippen molar-refractivity contribution in [2.45, 2.75) is 32.7 Å². The summed E-state index contributed by atoms with van der Waals surface area (Å²) in [5, 5.41) is 9.65. The summed E-state index contributed by atoms with van der Waals surface area (Å²) in [5.74, 6) is -0.691. The first-order valence-corrected chi connectivity index (χ1v) is 12.8. The van der Waals surface area contributed by atoms with Crippen LogP contribution >= 0.6 is 7.82 Å². The van der Waals surface area contributed by atoms with E-state index in [2.05, 4.69) is 25.2 Å². The molecule has 0 radical (unpaired) electrons. The van der Waals surface area contributed by atoms with Crippen LogP contribution in [0.2, 0.25) is 0 Å². The van der Waals surface area contributed by atoms with Crippen molar-refractivity contribution in [1.29, 1.82) is 0 Å². The van der Waals surface area contributed by atoms with Gasteiger partial charge in [-0.3, -0.25) is 9.59 Å². The number of anilines is 2. The Morgan fingerprint density at radius 1 is 1.19 bits per heavy atom. The third-order valence-electron chi connectivity index (χ3n) is 5.41. The van der Waals surface area contributed by atoms with E-state index in [1.807, 2.05) is 0 Å². The number of ether oxygens (including phenoxy) is 1. The van der Waals surface area contributed by atoms with E-state index in [0.29, 0.717) is 12.1 Å². The second kappa shape index (κ2) is 10.6. The monoisotopic (exact) mass is 532 g/mol. The predicted molar refractivity (Wildman–Crippen MR) is 129 cm³/mol. The number of carbonyl (C=O) groups is 3. The van der Waals surface area contributed by atoms with Crippen molar-refractivity contribution in [3.63, 3.8) is 0 Å². The highest BCUT2D eigenvalue weighted by atomic mass is 31.2. The fourth-order valence-electron chi connectivity index (χ4n) is 3.47. The summed E-state index contributed by atoms with van der Waals surface area (Å²) in [6.07, 6.45) is 3.30. The Morgan fingerprint density at radius 2 is 1.95 bits per heavy atom. The molecule has 37 heavy (non-hydrogen) atoms. The molecular formula is C22H25N6O8P. The Morgan fingerprint density at radius 3 is 2.62 bits per heavy atom. The normalized spacial score (nSPS) is 13.3. The number of amides is 3. The van der Waals surface area contributed by atoms with Crippen LogP contribution < -0.4 is 15.5 Å². The van der Waals surface area contributed by atoms with Crippen molar-refractivity contribution in [2.24, 2.45) is 0 Å². The van der Waals surface area contributed by atoms with Gasteiger partial charge in [-0.1, -0.05) is 6.07 Å². The zero-order chi connectivity index (χ0) is 26.7. The van der Waals surface area contributed by atoms with E-state index in [4.69, 9.17) is 14.5 Å². The van der Waals surface area contributed by atoms with E-state index in [-0.39, 0.29) is 46.0 Å². The molecule has 3 aromatic rings. The fraction of sp³-hybridized carbons (Fsp3) is 0.318. The van der Waals surface area contributed by atoms with Crippen LogP contribution in [0.1, 0.15) is 46.0 Å². The molecule has 2 aromatic heterocycles. The molecule has 196 valence electrons. The highest BCUT2D eigenvalue weighted by Crippen LogP contribution is 2.36. The van der Waals surface area contributed by atoms with Crippen molar-refractivity contribution in [2.75, 3.05) is 18.2 Å². The molecule has 4 rings (SSSR count). The van der Waals surface area contributed by atoms with Crippen molar-refractivity contribution in [1.82, 2.24) is 25.2 Å². The number of rotatable bonds is 9. The molecule has 15 heteroatoms. The minimum atomic E-state index is -4.91. The zero-order valence-electron chi connectivity index (χ0n) is 19.9. The number of aryl methyl sites for hydroxylation is 1. The second-order valence-corrected chi connectivity index (χ2v) is 9.47. The first-order valence-electron chi connectivity index (χ1n) is 11.3. The maximum atomic E-state index is 13.3. The Kier molecular flexibility index (Phi) is 7.55. The van der Waals surface area contributed by atoms with Gasteiger partial charge in [0, 0.05) is 24.3 Å². The Hall–Kier alpha value is -3.84. The summed E-state index contributed by atoms with van der Waals surface area (Å²) >= 11 is 0. The minimum absolute atomic E-state index is 0.00502. The van der Waals surface area contributed by atoms with E-state index < -0.39 is 20.7 Å². The van der Waals surface area contributed by atoms with Gasteiger partial charge in [0.1, 0.15) is 11.8 Å². The summed E-state index contributed by atoms with van der Waals surface area (Å²) in [6.45, 7) is 2.82. The molecule has 1 aliphatic rings. The summed E-state index contributed by atoms with van der Waals surface area (Å²) < 4.78 is 21.6. The van der Waals surface area contributed by atoms with Crippen LogP contribution in [-0.2, 0) is 13.8 Å². The first-order chi connectivity index (χ1) is 17.6. The molecule has 0 saturated heterocycles. The third kappa shape index (κ3) is 6.30. The second-order valence-electron chi connectivity index (χ2n) is 8.23. The Labute approximate surface area is 210 Å². The van der Waals surface area contributed by atoms with Gasteiger partial charge < -0.3 is 25.2 Å². The summed E-state index contributed by atoms with van der Waals surface area (Å²) in [7, 11) is -4.91. The van der Waals surface area contributed by atoms with Crippen LogP contribution in [-0.4, -0.2) is 61.7 Å². The van der Waals surface area contributed by atoms with Crippen LogP contribution in [0, 0.1) is 6.92 Å². The molecule has 3 amide bonds. The molecular weight excluding hydrogens is 507 g/mol. The van der Waals surface area contributed by atoms with Gasteiger partial charge in [-0.05, 0) is 50.5 Å². The number of aromatic nitrogens is 3. The van der Waals surface area contributed by atoms with Crippen molar-refractivity contribution >= 4 is 42.8 Å². The van der Waals surface area contributed by atoms with Crippen molar-refractivity contribution < 1.29 is 38.0 Å². The topological polar surface area (TPSA) is 185 Å². The van der Waals surface area contributed by atoms with Gasteiger partial charge in [-0.25, -0.2) is 28.3 Å². The summed E-state index contributed by atoms with van der Waals surface area (Å²) in [4.78, 5) is 61.5. The lowest BCUT2D eigenvalue weighted by atomic mass is 10.1. The third-order valence-corrected chi connectivity index (χ3v) is 5.85. The summed E-state index contributed by atoms with van der Waals surface area (Å²) in [5.41, 5.74) is 1.56. The average Bonchev–Trinajstić information content (AvgIpc) is 3.53. The smallest absolute Gasteiger partial charge is 0.421 e. The highest BCUT2D eigenvalue weighted by molar-refractivity contribution is 7.46. The number of nitrogens with one attached hydrogen (secondary N) is 2. The molecule has 14 nitrogen and oxygen atoms in total. The van der Waals surface area contributed by atoms with Crippen LogP contribution in [0.25, 0.3) is 5.52 Å². The van der Waals surface area contributed by atoms with Gasteiger partial charge in [-0.15, -0.1) is 0 Å². The fourth-order valence-corrected chi connectivity index (χ4v) is 3.66. The lowest BCUT2D eigenvalue weighted by Crippen LogP contribution is -2.30. The molecule has 1 aliphatic carbocycles. The number of carbonyl (C=O) groups excluding carboxylic acids is 3. The number of benzene rings is 1. The molecule has 1 fully saturated rings. The molecule has 0 unspecified atom stereocenters. The molecule has 0 spiro atoms. The van der Waals surface area contributed by atoms with E-state index in [0.717, 1.165) is 24.1 Å². The minimum Gasteiger partial charge on any atom is -0.421 e. The molecule has 0 aliphatic heterocycles. The summed E-state index contributed by atoms with van der Waals surface area (Å²) in [6, 6.07) is 6.31. The number of fused-ring (bicyclic) bond motifs is 1. The number of phosphoric ester groups is 1. The van der Waals surface area contributed by atoms with Gasteiger partial charge in [0.25, 0.3) is 11.8 Å².